The highest BCUT2D eigenvalue weighted by Gasteiger charge is 2.20. The molecule has 0 unspecified atom stereocenters. The van der Waals surface area contributed by atoms with Gasteiger partial charge in [-0.25, -0.2) is 14.6 Å². The second kappa shape index (κ2) is 4.89. The van der Waals surface area contributed by atoms with E-state index in [0.717, 1.165) is 29.5 Å². The molecule has 0 amide bonds. The van der Waals surface area contributed by atoms with Crippen LogP contribution in [0.15, 0.2) is 6.07 Å². The summed E-state index contributed by atoms with van der Waals surface area (Å²) in [4.78, 5) is 8.97. The predicted octanol–water partition coefficient (Wildman–Crippen LogP) is 2.72. The fourth-order valence-electron chi connectivity index (χ4n) is 2.31. The second-order valence-corrected chi connectivity index (χ2v) is 6.14. The number of hydrogen-bond acceptors (Lipinski definition) is 4. The lowest BCUT2D eigenvalue weighted by Crippen LogP contribution is -2.19. The van der Waals surface area contributed by atoms with Gasteiger partial charge in [-0.3, -0.25) is 0 Å². The third-order valence-electron chi connectivity index (χ3n) is 3.41. The molecule has 0 saturated carbocycles. The van der Waals surface area contributed by atoms with Gasteiger partial charge >= 0.3 is 0 Å². The van der Waals surface area contributed by atoms with E-state index in [1.165, 1.54) is 5.56 Å². The number of nitrogens with zero attached hydrogens (tertiary/aromatic N) is 4. The summed E-state index contributed by atoms with van der Waals surface area (Å²) < 4.78 is 1.86. The normalized spacial score (nSPS) is 11.9. The van der Waals surface area contributed by atoms with Crippen molar-refractivity contribution in [2.45, 2.75) is 53.4 Å². The van der Waals surface area contributed by atoms with Gasteiger partial charge in [-0.1, -0.05) is 27.7 Å². The first-order valence-electron chi connectivity index (χ1n) is 6.94. The molecule has 0 fully saturated rings. The number of aryl methyl sites for hydroxylation is 1. The molecule has 2 N–H and O–H groups in total. The van der Waals surface area contributed by atoms with E-state index < -0.39 is 0 Å². The monoisotopic (exact) mass is 273 g/mol. The van der Waals surface area contributed by atoms with Crippen molar-refractivity contribution in [1.82, 2.24) is 19.7 Å². The first-order valence-corrected chi connectivity index (χ1v) is 6.94. The van der Waals surface area contributed by atoms with Crippen LogP contribution in [0.3, 0.4) is 0 Å². The van der Waals surface area contributed by atoms with Crippen molar-refractivity contribution in [2.24, 2.45) is 0 Å². The maximum Gasteiger partial charge on any atom is 0.159 e. The van der Waals surface area contributed by atoms with Crippen LogP contribution >= 0.6 is 0 Å². The van der Waals surface area contributed by atoms with Gasteiger partial charge in [0.2, 0.25) is 0 Å². The molecule has 2 aromatic heterocycles. The largest absolute Gasteiger partial charge is 0.384 e. The van der Waals surface area contributed by atoms with Crippen LogP contribution in [0.4, 0.5) is 5.82 Å². The topological polar surface area (TPSA) is 69.6 Å². The van der Waals surface area contributed by atoms with Gasteiger partial charge in [0.25, 0.3) is 0 Å². The molecule has 108 valence electrons. The molecule has 2 aromatic rings. The Balaban J connectivity index is 2.62. The minimum absolute atomic E-state index is 0.145. The van der Waals surface area contributed by atoms with Crippen LogP contribution in [-0.4, -0.2) is 19.7 Å². The first-order chi connectivity index (χ1) is 9.24. The van der Waals surface area contributed by atoms with Crippen LogP contribution in [0, 0.1) is 13.8 Å². The molecule has 2 rings (SSSR count). The highest BCUT2D eigenvalue weighted by molar-refractivity contribution is 5.40. The summed E-state index contributed by atoms with van der Waals surface area (Å²) in [6.45, 7) is 12.4. The van der Waals surface area contributed by atoms with E-state index in [2.05, 4.69) is 49.7 Å². The highest BCUT2D eigenvalue weighted by Crippen LogP contribution is 2.23. The Hall–Kier alpha value is -1.91. The van der Waals surface area contributed by atoms with Gasteiger partial charge in [-0.15, -0.1) is 0 Å². The highest BCUT2D eigenvalue weighted by atomic mass is 15.3. The number of nitrogen functional groups attached to an aromatic ring is 1. The van der Waals surface area contributed by atoms with E-state index in [1.54, 1.807) is 6.07 Å². The molecular formula is C15H23N5. The zero-order valence-electron chi connectivity index (χ0n) is 13.2. The van der Waals surface area contributed by atoms with Crippen molar-refractivity contribution in [3.05, 3.63) is 28.8 Å². The van der Waals surface area contributed by atoms with E-state index in [1.807, 2.05) is 11.6 Å². The Labute approximate surface area is 120 Å². The number of anilines is 1. The second-order valence-electron chi connectivity index (χ2n) is 6.14. The predicted molar refractivity (Wildman–Crippen MR) is 81.1 cm³/mol. The van der Waals surface area contributed by atoms with Crippen molar-refractivity contribution in [3.8, 4) is 5.82 Å². The van der Waals surface area contributed by atoms with Gasteiger partial charge < -0.3 is 5.73 Å². The fourth-order valence-corrected chi connectivity index (χ4v) is 2.31. The number of nitrogens with two attached hydrogens (primary N) is 1. The average Bonchev–Trinajstić information content (AvgIpc) is 2.62. The summed E-state index contributed by atoms with van der Waals surface area (Å²) in [6.07, 6.45) is 0.963. The number of hydrogen-bond donors (Lipinski definition) is 1. The number of aromatic nitrogens is 4. The summed E-state index contributed by atoms with van der Waals surface area (Å²) in [6, 6.07) is 1.77. The molecule has 0 aliphatic carbocycles. The maximum atomic E-state index is 5.93. The summed E-state index contributed by atoms with van der Waals surface area (Å²) in [5.41, 5.74) is 9.20. The van der Waals surface area contributed by atoms with Crippen LogP contribution in [0.5, 0.6) is 0 Å². The molecule has 0 aromatic carbocycles. The Morgan fingerprint density at radius 3 is 2.35 bits per heavy atom. The van der Waals surface area contributed by atoms with E-state index in [9.17, 15) is 0 Å². The molecule has 0 aliphatic rings. The van der Waals surface area contributed by atoms with Crippen LogP contribution < -0.4 is 5.73 Å². The Bertz CT molecular complexity index is 634. The minimum Gasteiger partial charge on any atom is -0.384 e. The minimum atomic E-state index is -0.145. The molecule has 2 heterocycles. The van der Waals surface area contributed by atoms with Gasteiger partial charge in [-0.2, -0.15) is 5.10 Å². The third-order valence-corrected chi connectivity index (χ3v) is 3.41. The van der Waals surface area contributed by atoms with Crippen molar-refractivity contribution < 1.29 is 0 Å². The molecule has 5 heteroatoms. The van der Waals surface area contributed by atoms with Crippen LogP contribution in [0.2, 0.25) is 0 Å². The third kappa shape index (κ3) is 2.53. The summed E-state index contributed by atoms with van der Waals surface area (Å²) in [7, 11) is 0. The molecule has 0 atom stereocenters. The molecule has 0 saturated heterocycles. The molecule has 0 spiro atoms. The zero-order chi connectivity index (χ0) is 15.1. The van der Waals surface area contributed by atoms with Crippen LogP contribution in [0.1, 0.15) is 50.5 Å². The number of rotatable bonds is 2. The van der Waals surface area contributed by atoms with Crippen molar-refractivity contribution in [3.63, 3.8) is 0 Å². The SMILES string of the molecule is CCc1c(C)nn(-c2cc(N)nc(C(C)(C)C)n2)c1C. The molecule has 20 heavy (non-hydrogen) atoms. The summed E-state index contributed by atoms with van der Waals surface area (Å²) in [5.74, 6) is 1.95. The van der Waals surface area contributed by atoms with Gasteiger partial charge in [0, 0.05) is 17.2 Å². The van der Waals surface area contributed by atoms with E-state index >= 15 is 0 Å². The average molecular weight is 273 g/mol. The Kier molecular flexibility index (Phi) is 3.54. The quantitative estimate of drug-likeness (QED) is 0.913. The summed E-state index contributed by atoms with van der Waals surface area (Å²) in [5, 5.41) is 4.59. The van der Waals surface area contributed by atoms with E-state index in [-0.39, 0.29) is 5.41 Å². The Morgan fingerprint density at radius 2 is 1.85 bits per heavy atom. The lowest BCUT2D eigenvalue weighted by Gasteiger charge is -2.18. The van der Waals surface area contributed by atoms with Gasteiger partial charge in [0.1, 0.15) is 11.6 Å². The summed E-state index contributed by atoms with van der Waals surface area (Å²) >= 11 is 0. The van der Waals surface area contributed by atoms with Crippen molar-refractivity contribution in [1.29, 1.82) is 0 Å². The molecule has 0 radical (unpaired) electrons. The standard InChI is InChI=1S/C15H23N5/c1-7-11-9(2)19-20(10(11)3)13-8-12(16)17-14(18-13)15(4,5)6/h8H,7H2,1-6H3,(H2,16,17,18). The van der Waals surface area contributed by atoms with Crippen molar-refractivity contribution in [2.75, 3.05) is 5.73 Å². The van der Waals surface area contributed by atoms with Gasteiger partial charge in [0.15, 0.2) is 5.82 Å². The smallest absolute Gasteiger partial charge is 0.159 e. The van der Waals surface area contributed by atoms with Crippen LogP contribution in [0.25, 0.3) is 5.82 Å². The molecular weight excluding hydrogens is 250 g/mol. The lowest BCUT2D eigenvalue weighted by atomic mass is 9.96. The molecule has 0 bridgehead atoms. The van der Waals surface area contributed by atoms with E-state index in [4.69, 9.17) is 5.73 Å². The van der Waals surface area contributed by atoms with E-state index in [0.29, 0.717) is 5.82 Å². The van der Waals surface area contributed by atoms with Crippen LogP contribution in [-0.2, 0) is 11.8 Å². The first kappa shape index (κ1) is 14.5. The maximum absolute atomic E-state index is 5.93. The zero-order valence-corrected chi connectivity index (χ0v) is 13.2. The van der Waals surface area contributed by atoms with Gasteiger partial charge in [-0.05, 0) is 25.8 Å². The lowest BCUT2D eigenvalue weighted by molar-refractivity contribution is 0.542. The molecule has 0 aliphatic heterocycles. The Morgan fingerprint density at radius 1 is 1.20 bits per heavy atom. The van der Waals surface area contributed by atoms with Crippen molar-refractivity contribution >= 4 is 5.82 Å². The molecule has 5 nitrogen and oxygen atoms in total. The van der Waals surface area contributed by atoms with Gasteiger partial charge in [0.05, 0.1) is 5.69 Å². The fraction of sp³-hybridized carbons (Fsp3) is 0.533.